The lowest BCUT2D eigenvalue weighted by Gasteiger charge is -2.26. The van der Waals surface area contributed by atoms with Crippen molar-refractivity contribution >= 4 is 17.4 Å². The van der Waals surface area contributed by atoms with Crippen LogP contribution in [0.1, 0.15) is 43.0 Å². The number of Topliss-reactive ketones (excluding diaryl/α,β-unsaturated/α-hetero) is 1. The van der Waals surface area contributed by atoms with Crippen LogP contribution in [0.3, 0.4) is 0 Å². The van der Waals surface area contributed by atoms with Crippen LogP contribution in [0.2, 0.25) is 0 Å². The van der Waals surface area contributed by atoms with Gasteiger partial charge in [-0.15, -0.1) is 0 Å². The summed E-state index contributed by atoms with van der Waals surface area (Å²) in [4.78, 5) is 28.4. The molecule has 2 heterocycles. The van der Waals surface area contributed by atoms with Crippen LogP contribution >= 0.6 is 0 Å². The van der Waals surface area contributed by atoms with Gasteiger partial charge in [0.2, 0.25) is 0 Å². The third-order valence-corrected chi connectivity index (χ3v) is 6.60. The van der Waals surface area contributed by atoms with Gasteiger partial charge in [0.1, 0.15) is 19.0 Å². The van der Waals surface area contributed by atoms with Gasteiger partial charge < -0.3 is 29.0 Å². The number of carbonyl (C=O) groups excluding carboxylic acids is 2. The van der Waals surface area contributed by atoms with Gasteiger partial charge in [-0.1, -0.05) is 43.3 Å². The first-order valence-corrected chi connectivity index (χ1v) is 13.1. The van der Waals surface area contributed by atoms with Crippen LogP contribution in [0.4, 0.5) is 0 Å². The maximum atomic E-state index is 13.5. The molecule has 39 heavy (non-hydrogen) atoms. The van der Waals surface area contributed by atoms with Crippen molar-refractivity contribution in [2.24, 2.45) is 0 Å². The molecule has 1 atom stereocenters. The van der Waals surface area contributed by atoms with Crippen LogP contribution in [-0.2, 0) is 16.1 Å². The van der Waals surface area contributed by atoms with Crippen molar-refractivity contribution in [3.63, 3.8) is 0 Å². The third kappa shape index (κ3) is 5.27. The second kappa shape index (κ2) is 11.5. The number of benzene rings is 3. The summed E-state index contributed by atoms with van der Waals surface area (Å²) >= 11 is 0. The molecular weight excluding hydrogens is 498 g/mol. The first-order chi connectivity index (χ1) is 19.0. The summed E-state index contributed by atoms with van der Waals surface area (Å²) in [6, 6.07) is 18.9. The molecule has 2 aliphatic rings. The van der Waals surface area contributed by atoms with E-state index in [0.717, 1.165) is 12.0 Å². The molecule has 1 fully saturated rings. The summed E-state index contributed by atoms with van der Waals surface area (Å²) in [6.07, 6.45) is 0.833. The van der Waals surface area contributed by atoms with Crippen molar-refractivity contribution in [1.29, 1.82) is 0 Å². The maximum Gasteiger partial charge on any atom is 0.295 e. The van der Waals surface area contributed by atoms with Crippen molar-refractivity contribution in [3.8, 4) is 23.0 Å². The molecule has 1 amide bonds. The Morgan fingerprint density at radius 3 is 2.44 bits per heavy atom. The molecule has 1 saturated heterocycles. The number of amides is 1. The zero-order valence-electron chi connectivity index (χ0n) is 22.0. The van der Waals surface area contributed by atoms with E-state index in [1.54, 1.807) is 36.4 Å². The van der Waals surface area contributed by atoms with E-state index in [1.807, 2.05) is 44.2 Å². The number of rotatable bonds is 9. The van der Waals surface area contributed by atoms with Crippen LogP contribution in [0, 0.1) is 0 Å². The second-order valence-corrected chi connectivity index (χ2v) is 9.26. The Morgan fingerprint density at radius 2 is 1.69 bits per heavy atom. The first kappa shape index (κ1) is 26.2. The van der Waals surface area contributed by atoms with Crippen molar-refractivity contribution in [1.82, 2.24) is 4.90 Å². The summed E-state index contributed by atoms with van der Waals surface area (Å²) in [5.41, 5.74) is 1.83. The Balaban J connectivity index is 1.63. The lowest BCUT2D eigenvalue weighted by molar-refractivity contribution is -0.140. The number of aliphatic hydroxyl groups excluding tert-OH is 1. The molecule has 8 nitrogen and oxygen atoms in total. The maximum absolute atomic E-state index is 13.5. The van der Waals surface area contributed by atoms with E-state index in [-0.39, 0.29) is 17.9 Å². The molecule has 3 aromatic rings. The van der Waals surface area contributed by atoms with Crippen LogP contribution in [0.25, 0.3) is 5.76 Å². The minimum atomic E-state index is -0.849. The Hall–Kier alpha value is -4.46. The summed E-state index contributed by atoms with van der Waals surface area (Å²) in [7, 11) is 0. The summed E-state index contributed by atoms with van der Waals surface area (Å²) in [5, 5.41) is 11.5. The monoisotopic (exact) mass is 529 g/mol. The molecule has 0 spiro atoms. The quantitative estimate of drug-likeness (QED) is 0.229. The molecular formula is C31H31NO7. The third-order valence-electron chi connectivity index (χ3n) is 6.60. The van der Waals surface area contributed by atoms with Crippen molar-refractivity contribution in [3.05, 3.63) is 89.0 Å². The SMILES string of the molecule is CCCOc1ccc(C2/C(=C(\O)c3ccc4c(c3)OCCO4)C(=O)C(=O)N2Cc2ccccc2)cc1OCC. The Morgan fingerprint density at radius 1 is 0.923 bits per heavy atom. The first-order valence-electron chi connectivity index (χ1n) is 13.1. The highest BCUT2D eigenvalue weighted by Gasteiger charge is 2.46. The van der Waals surface area contributed by atoms with Crippen LogP contribution in [0.15, 0.2) is 72.3 Å². The van der Waals surface area contributed by atoms with E-state index in [0.29, 0.717) is 60.6 Å². The standard InChI is InChI=1S/C31H31NO7/c1-3-14-37-23-12-10-21(17-25(23)36-4-2)28-27(29(33)22-11-13-24-26(18-22)39-16-15-38-24)30(34)31(35)32(28)19-20-8-6-5-7-9-20/h5-13,17-18,28,33H,3-4,14-16,19H2,1-2H3/b29-27+. The summed E-state index contributed by atoms with van der Waals surface area (Å²) in [5.74, 6) is 0.386. The number of ketones is 1. The number of aliphatic hydroxyl groups is 1. The number of carbonyl (C=O) groups is 2. The predicted octanol–water partition coefficient (Wildman–Crippen LogP) is 5.27. The molecule has 0 aromatic heterocycles. The van der Waals surface area contributed by atoms with Gasteiger partial charge in [-0.05, 0) is 54.8 Å². The van der Waals surface area contributed by atoms with E-state index in [2.05, 4.69) is 0 Å². The second-order valence-electron chi connectivity index (χ2n) is 9.26. The Labute approximate surface area is 227 Å². The van der Waals surface area contributed by atoms with Gasteiger partial charge in [0.15, 0.2) is 23.0 Å². The van der Waals surface area contributed by atoms with Crippen LogP contribution in [0.5, 0.6) is 23.0 Å². The van der Waals surface area contributed by atoms with Gasteiger partial charge in [-0.3, -0.25) is 9.59 Å². The molecule has 5 rings (SSSR count). The Kier molecular flexibility index (Phi) is 7.72. The molecule has 0 bridgehead atoms. The molecule has 2 aliphatic heterocycles. The van der Waals surface area contributed by atoms with Gasteiger partial charge in [-0.25, -0.2) is 0 Å². The zero-order valence-corrected chi connectivity index (χ0v) is 22.0. The van der Waals surface area contributed by atoms with Gasteiger partial charge in [-0.2, -0.15) is 0 Å². The fraction of sp³-hybridized carbons (Fsp3) is 0.290. The van der Waals surface area contributed by atoms with Gasteiger partial charge >= 0.3 is 0 Å². The average molecular weight is 530 g/mol. The van der Waals surface area contributed by atoms with Gasteiger partial charge in [0.05, 0.1) is 24.8 Å². The van der Waals surface area contributed by atoms with Gasteiger partial charge in [0, 0.05) is 12.1 Å². The molecule has 202 valence electrons. The van der Waals surface area contributed by atoms with Crippen molar-refractivity contribution in [2.45, 2.75) is 32.9 Å². The fourth-order valence-electron chi connectivity index (χ4n) is 4.81. The minimum Gasteiger partial charge on any atom is -0.507 e. The van der Waals surface area contributed by atoms with Crippen molar-refractivity contribution < 1.29 is 33.6 Å². The Bertz CT molecular complexity index is 1400. The van der Waals surface area contributed by atoms with E-state index in [1.165, 1.54) is 4.90 Å². The molecule has 1 unspecified atom stereocenters. The van der Waals surface area contributed by atoms with Crippen molar-refractivity contribution in [2.75, 3.05) is 26.4 Å². The highest BCUT2D eigenvalue weighted by molar-refractivity contribution is 6.46. The number of ether oxygens (including phenoxy) is 4. The number of hydrogen-bond acceptors (Lipinski definition) is 7. The molecule has 0 radical (unpaired) electrons. The minimum absolute atomic E-state index is 0.00251. The summed E-state index contributed by atoms with van der Waals surface area (Å²) < 4.78 is 23.0. The van der Waals surface area contributed by atoms with E-state index >= 15 is 0 Å². The molecule has 1 N–H and O–H groups in total. The summed E-state index contributed by atoms with van der Waals surface area (Å²) in [6.45, 7) is 5.83. The number of hydrogen-bond donors (Lipinski definition) is 1. The van der Waals surface area contributed by atoms with Crippen LogP contribution < -0.4 is 18.9 Å². The van der Waals surface area contributed by atoms with E-state index < -0.39 is 17.7 Å². The predicted molar refractivity (Wildman–Crippen MR) is 145 cm³/mol. The molecule has 0 aliphatic carbocycles. The van der Waals surface area contributed by atoms with E-state index in [9.17, 15) is 14.7 Å². The fourth-order valence-corrected chi connectivity index (χ4v) is 4.81. The largest absolute Gasteiger partial charge is 0.507 e. The molecule has 8 heteroatoms. The van der Waals surface area contributed by atoms with Crippen LogP contribution in [-0.4, -0.2) is 48.1 Å². The highest BCUT2D eigenvalue weighted by Crippen LogP contribution is 2.43. The lowest BCUT2D eigenvalue weighted by atomic mass is 9.94. The number of likely N-dealkylation sites (tertiary alicyclic amines) is 1. The molecule has 0 saturated carbocycles. The smallest absolute Gasteiger partial charge is 0.295 e. The number of fused-ring (bicyclic) bond motifs is 1. The zero-order chi connectivity index (χ0) is 27.4. The lowest BCUT2D eigenvalue weighted by Crippen LogP contribution is -2.29. The normalized spacial score (nSPS) is 17.8. The average Bonchev–Trinajstić information content (AvgIpc) is 3.21. The van der Waals surface area contributed by atoms with Gasteiger partial charge in [0.25, 0.3) is 11.7 Å². The molecule has 3 aromatic carbocycles. The van der Waals surface area contributed by atoms with E-state index in [4.69, 9.17) is 18.9 Å². The topological polar surface area (TPSA) is 94.5 Å². The number of nitrogens with zero attached hydrogens (tertiary/aromatic N) is 1. The highest BCUT2D eigenvalue weighted by atomic mass is 16.6.